The molecule has 4 N–H and O–H groups in total. The van der Waals surface area contributed by atoms with Crippen LogP contribution in [-0.2, 0) is 4.74 Å². The highest BCUT2D eigenvalue weighted by molar-refractivity contribution is 5.33. The summed E-state index contributed by atoms with van der Waals surface area (Å²) < 4.78 is 6.66. The van der Waals surface area contributed by atoms with Gasteiger partial charge in [0.25, 0.3) is 0 Å². The largest absolute Gasteiger partial charge is 0.393 e. The van der Waals surface area contributed by atoms with Crippen LogP contribution < -0.4 is 0 Å². The summed E-state index contributed by atoms with van der Waals surface area (Å²) in [6.07, 6.45) is 7.18. The molecule has 2 spiro atoms. The summed E-state index contributed by atoms with van der Waals surface area (Å²) in [5.41, 5.74) is -1.35. The van der Waals surface area contributed by atoms with Crippen molar-refractivity contribution < 1.29 is 25.2 Å². The molecule has 1 aliphatic heterocycles. The van der Waals surface area contributed by atoms with Crippen molar-refractivity contribution in [3.05, 3.63) is 0 Å². The smallest absolute Gasteiger partial charge is 0.0865 e. The second-order valence-corrected chi connectivity index (χ2v) is 15.9. The van der Waals surface area contributed by atoms with Crippen molar-refractivity contribution >= 4 is 0 Å². The molecule has 0 aromatic carbocycles. The molecule has 35 heavy (non-hydrogen) atoms. The van der Waals surface area contributed by atoms with Crippen LogP contribution in [0.5, 0.6) is 0 Å². The van der Waals surface area contributed by atoms with Crippen LogP contribution in [0, 0.1) is 44.8 Å². The van der Waals surface area contributed by atoms with Crippen LogP contribution in [0.2, 0.25) is 0 Å². The van der Waals surface area contributed by atoms with E-state index in [1.165, 1.54) is 6.42 Å². The Bertz CT molecular complexity index is 911. The van der Waals surface area contributed by atoms with Gasteiger partial charge >= 0.3 is 0 Å². The van der Waals surface area contributed by atoms with Crippen LogP contribution in [0.1, 0.15) is 106 Å². The highest BCUT2D eigenvalue weighted by Gasteiger charge is 2.84. The Labute approximate surface area is 212 Å². The molecule has 6 rings (SSSR count). The van der Waals surface area contributed by atoms with Gasteiger partial charge in [-0.15, -0.1) is 0 Å². The number of ether oxygens (including phenoxy) is 1. The first kappa shape index (κ1) is 25.1. The highest BCUT2D eigenvalue weighted by Crippen LogP contribution is 2.89. The van der Waals surface area contributed by atoms with Gasteiger partial charge in [0.15, 0.2) is 0 Å². The number of aliphatic hydroxyl groups excluding tert-OH is 3. The van der Waals surface area contributed by atoms with Gasteiger partial charge in [0.05, 0.1) is 35.6 Å². The number of rotatable bonds is 2. The quantitative estimate of drug-likeness (QED) is 0.460. The number of aliphatic hydroxyl groups is 4. The first-order valence-electron chi connectivity index (χ1n) is 14.4. The molecule has 5 saturated carbocycles. The third-order valence-corrected chi connectivity index (χ3v) is 13.8. The topological polar surface area (TPSA) is 90.2 Å². The Hall–Kier alpha value is -0.200. The molecule has 5 nitrogen and oxygen atoms in total. The molecule has 0 radical (unpaired) electrons. The fraction of sp³-hybridized carbons (Fsp3) is 1.00. The van der Waals surface area contributed by atoms with Crippen molar-refractivity contribution in [1.29, 1.82) is 0 Å². The minimum atomic E-state index is -0.886. The van der Waals surface area contributed by atoms with Crippen LogP contribution in [0.4, 0.5) is 0 Å². The van der Waals surface area contributed by atoms with Crippen LogP contribution in [0.15, 0.2) is 0 Å². The summed E-state index contributed by atoms with van der Waals surface area (Å²) >= 11 is 0. The zero-order valence-electron chi connectivity index (χ0n) is 23.1. The van der Waals surface area contributed by atoms with Crippen molar-refractivity contribution in [3.8, 4) is 0 Å². The van der Waals surface area contributed by atoms with Crippen LogP contribution >= 0.6 is 0 Å². The van der Waals surface area contributed by atoms with Gasteiger partial charge < -0.3 is 25.2 Å². The van der Waals surface area contributed by atoms with E-state index in [-0.39, 0.29) is 51.1 Å². The van der Waals surface area contributed by atoms with Crippen molar-refractivity contribution in [3.63, 3.8) is 0 Å². The molecule has 5 heteroatoms. The zero-order valence-corrected chi connectivity index (χ0v) is 23.1. The maximum absolute atomic E-state index is 11.7. The Morgan fingerprint density at radius 1 is 0.771 bits per heavy atom. The van der Waals surface area contributed by atoms with E-state index < -0.39 is 23.4 Å². The highest BCUT2D eigenvalue weighted by atomic mass is 16.5. The molecule has 6 aliphatic rings. The maximum Gasteiger partial charge on any atom is 0.0865 e. The van der Waals surface area contributed by atoms with Crippen molar-refractivity contribution in [2.75, 3.05) is 0 Å². The van der Waals surface area contributed by atoms with Crippen LogP contribution in [-0.4, -0.2) is 56.0 Å². The minimum absolute atomic E-state index is 0.0267. The average molecular weight is 491 g/mol. The lowest BCUT2D eigenvalue weighted by Crippen LogP contribution is -2.62. The van der Waals surface area contributed by atoms with Gasteiger partial charge in [0, 0.05) is 5.92 Å². The third-order valence-electron chi connectivity index (χ3n) is 13.8. The molecule has 12 atom stereocenters. The molecule has 0 aromatic rings. The average Bonchev–Trinajstić information content (AvgIpc) is 3.08. The van der Waals surface area contributed by atoms with Gasteiger partial charge in [-0.3, -0.25) is 0 Å². The molecule has 0 bridgehead atoms. The Balaban J connectivity index is 1.37. The van der Waals surface area contributed by atoms with E-state index in [1.54, 1.807) is 0 Å². The second kappa shape index (κ2) is 6.86. The molecule has 1 heterocycles. The lowest BCUT2D eigenvalue weighted by molar-refractivity contribution is -0.213. The van der Waals surface area contributed by atoms with Crippen molar-refractivity contribution in [2.45, 2.75) is 142 Å². The van der Waals surface area contributed by atoms with E-state index in [1.807, 2.05) is 13.8 Å². The van der Waals surface area contributed by atoms with Gasteiger partial charge in [-0.1, -0.05) is 27.7 Å². The summed E-state index contributed by atoms with van der Waals surface area (Å²) in [5.74, 6) is 0.577. The molecule has 0 amide bonds. The summed E-state index contributed by atoms with van der Waals surface area (Å²) in [6.45, 7) is 15.0. The van der Waals surface area contributed by atoms with E-state index in [4.69, 9.17) is 4.74 Å². The fourth-order valence-electron chi connectivity index (χ4n) is 12.1. The lowest BCUT2D eigenvalue weighted by atomic mass is 9.41. The first-order chi connectivity index (χ1) is 16.0. The van der Waals surface area contributed by atoms with Crippen molar-refractivity contribution in [1.82, 2.24) is 0 Å². The normalized spacial score (nSPS) is 60.9. The molecule has 1 saturated heterocycles. The summed E-state index contributed by atoms with van der Waals surface area (Å²) in [4.78, 5) is 0. The Morgan fingerprint density at radius 2 is 1.46 bits per heavy atom. The minimum Gasteiger partial charge on any atom is -0.393 e. The standard InChI is InChI=1S/C30H50O5/c1-24(2)20(33)8-11-30-16-29(30)13-12-26(5)23(28(7)10-9-21(35-28)25(3,4)34)18(32)15-27(26,6)19(29)14-17(31)22(24)30/h17-23,31-34H,8-16H2,1-7H3/t17?,18?,19-,20?,21?,22-,23-,26+,27-,28+,29-,30+/m0/s1. The second-order valence-electron chi connectivity index (χ2n) is 15.9. The van der Waals surface area contributed by atoms with E-state index >= 15 is 0 Å². The predicted octanol–water partition coefficient (Wildman–Crippen LogP) is 4.44. The molecule has 200 valence electrons. The fourth-order valence-corrected chi connectivity index (χ4v) is 12.1. The maximum atomic E-state index is 11.7. The van der Waals surface area contributed by atoms with Gasteiger partial charge in [0.1, 0.15) is 0 Å². The van der Waals surface area contributed by atoms with E-state index in [0.717, 1.165) is 51.4 Å². The number of hydrogen-bond acceptors (Lipinski definition) is 5. The summed E-state index contributed by atoms with van der Waals surface area (Å²) in [5, 5.41) is 45.0. The monoisotopic (exact) mass is 490 g/mol. The van der Waals surface area contributed by atoms with Gasteiger partial charge in [-0.25, -0.2) is 0 Å². The van der Waals surface area contributed by atoms with Crippen LogP contribution in [0.3, 0.4) is 0 Å². The molecular formula is C30H50O5. The summed E-state index contributed by atoms with van der Waals surface area (Å²) in [6, 6.07) is 0. The number of hydrogen-bond donors (Lipinski definition) is 4. The van der Waals surface area contributed by atoms with E-state index in [2.05, 4.69) is 34.6 Å². The van der Waals surface area contributed by atoms with E-state index in [0.29, 0.717) is 5.92 Å². The molecule has 4 unspecified atom stereocenters. The number of fused-ring (bicyclic) bond motifs is 2. The first-order valence-corrected chi connectivity index (χ1v) is 14.4. The Morgan fingerprint density at radius 3 is 2.09 bits per heavy atom. The van der Waals surface area contributed by atoms with Gasteiger partial charge in [0.2, 0.25) is 0 Å². The van der Waals surface area contributed by atoms with E-state index in [9.17, 15) is 20.4 Å². The van der Waals surface area contributed by atoms with Crippen molar-refractivity contribution in [2.24, 2.45) is 44.8 Å². The third kappa shape index (κ3) is 2.78. The molecule has 0 aromatic heterocycles. The summed E-state index contributed by atoms with van der Waals surface area (Å²) in [7, 11) is 0. The van der Waals surface area contributed by atoms with Crippen LogP contribution in [0.25, 0.3) is 0 Å². The Kier molecular flexibility index (Phi) is 4.92. The predicted molar refractivity (Wildman–Crippen MR) is 134 cm³/mol. The molecule has 6 fully saturated rings. The molecular weight excluding hydrogens is 440 g/mol. The van der Waals surface area contributed by atoms with Gasteiger partial charge in [-0.2, -0.15) is 0 Å². The zero-order chi connectivity index (χ0) is 25.6. The SMILES string of the molecule is CC(C)(O)C1CC[C@](C)([C@H]2C(O)C[C@@]3(C)[C@@H]4CC(O)[C@H]5C(C)(C)C(O)CC[C@@]56C[C@@]46CC[C@]23C)O1. The molecule has 5 aliphatic carbocycles. The van der Waals surface area contributed by atoms with Gasteiger partial charge in [-0.05, 0) is 117 Å². The lowest BCUT2D eigenvalue weighted by Gasteiger charge is -2.64.